The van der Waals surface area contributed by atoms with Gasteiger partial charge in [0.2, 0.25) is 0 Å². The summed E-state index contributed by atoms with van der Waals surface area (Å²) in [5, 5.41) is 8.32. The molecule has 0 aromatic carbocycles. The molecule has 0 aromatic heterocycles. The molecule has 14 heavy (non-hydrogen) atoms. The van der Waals surface area contributed by atoms with Crippen molar-refractivity contribution in [3.8, 4) is 0 Å². The van der Waals surface area contributed by atoms with Crippen LogP contribution in [-0.2, 0) is 14.6 Å². The van der Waals surface area contributed by atoms with Gasteiger partial charge >= 0.3 is 5.97 Å². The maximum atomic E-state index is 11.3. The van der Waals surface area contributed by atoms with E-state index in [0.29, 0.717) is 12.8 Å². The third kappa shape index (κ3) is 7.79. The zero-order valence-corrected chi connectivity index (χ0v) is 8.92. The van der Waals surface area contributed by atoms with Gasteiger partial charge < -0.3 is 5.11 Å². The quantitative estimate of drug-likeness (QED) is 0.493. The minimum absolute atomic E-state index is 0.0313. The highest BCUT2D eigenvalue weighted by atomic mass is 32.2. The third-order valence-corrected chi connectivity index (χ3v) is 3.53. The number of carboxylic acids is 1. The average Bonchev–Trinajstić information content (AvgIpc) is 2.03. The maximum absolute atomic E-state index is 11.3. The number of aliphatic carboxylic acids is 1. The number of hydrogen-bond donors (Lipinski definition) is 1. The first kappa shape index (κ1) is 13.2. The lowest BCUT2D eigenvalue weighted by molar-refractivity contribution is -0.137. The SMILES string of the molecule is C=CCCCS(=O)(=O)CCCC(=O)O. The first-order chi connectivity index (χ1) is 6.48. The van der Waals surface area contributed by atoms with Gasteiger partial charge in [-0.3, -0.25) is 4.79 Å². The van der Waals surface area contributed by atoms with Crippen molar-refractivity contribution in [2.75, 3.05) is 11.5 Å². The molecular formula is C9H16O4S. The largest absolute Gasteiger partial charge is 0.481 e. The second kappa shape index (κ2) is 6.59. The van der Waals surface area contributed by atoms with Crippen molar-refractivity contribution in [2.45, 2.75) is 25.7 Å². The molecule has 0 bridgehead atoms. The minimum atomic E-state index is -3.06. The van der Waals surface area contributed by atoms with Gasteiger partial charge in [-0.1, -0.05) is 6.08 Å². The van der Waals surface area contributed by atoms with Gasteiger partial charge in [-0.05, 0) is 19.3 Å². The van der Waals surface area contributed by atoms with Crippen LogP contribution in [-0.4, -0.2) is 31.0 Å². The Morgan fingerprint density at radius 1 is 1.29 bits per heavy atom. The van der Waals surface area contributed by atoms with Crippen molar-refractivity contribution in [3.05, 3.63) is 12.7 Å². The van der Waals surface area contributed by atoms with E-state index >= 15 is 0 Å². The molecule has 0 heterocycles. The van der Waals surface area contributed by atoms with Gasteiger partial charge in [0, 0.05) is 6.42 Å². The highest BCUT2D eigenvalue weighted by Gasteiger charge is 2.10. The van der Waals surface area contributed by atoms with Crippen LogP contribution in [0.25, 0.3) is 0 Å². The fraction of sp³-hybridized carbons (Fsp3) is 0.667. The van der Waals surface area contributed by atoms with Gasteiger partial charge in [-0.2, -0.15) is 0 Å². The first-order valence-corrected chi connectivity index (χ1v) is 6.33. The Labute approximate surface area is 84.6 Å². The molecule has 0 radical (unpaired) electrons. The molecule has 0 rings (SSSR count). The van der Waals surface area contributed by atoms with Gasteiger partial charge in [-0.25, -0.2) is 8.42 Å². The van der Waals surface area contributed by atoms with Crippen molar-refractivity contribution in [2.24, 2.45) is 0 Å². The van der Waals surface area contributed by atoms with Gasteiger partial charge in [0.1, 0.15) is 9.84 Å². The molecule has 0 aromatic rings. The molecular weight excluding hydrogens is 204 g/mol. The fourth-order valence-electron chi connectivity index (χ4n) is 0.993. The molecule has 1 N–H and O–H groups in total. The zero-order valence-electron chi connectivity index (χ0n) is 8.11. The van der Waals surface area contributed by atoms with Crippen molar-refractivity contribution >= 4 is 15.8 Å². The van der Waals surface area contributed by atoms with Crippen molar-refractivity contribution in [3.63, 3.8) is 0 Å². The Balaban J connectivity index is 3.72. The number of carbonyl (C=O) groups is 1. The molecule has 4 nitrogen and oxygen atoms in total. The number of sulfone groups is 1. The Hall–Kier alpha value is -0.840. The van der Waals surface area contributed by atoms with Crippen LogP contribution in [0.3, 0.4) is 0 Å². The average molecular weight is 220 g/mol. The van der Waals surface area contributed by atoms with Crippen LogP contribution in [0, 0.1) is 0 Å². The second-order valence-electron chi connectivity index (χ2n) is 3.08. The molecule has 0 amide bonds. The van der Waals surface area contributed by atoms with E-state index in [4.69, 9.17) is 5.11 Å². The van der Waals surface area contributed by atoms with E-state index in [2.05, 4.69) is 6.58 Å². The lowest BCUT2D eigenvalue weighted by Crippen LogP contribution is -2.12. The predicted molar refractivity (Wildman–Crippen MR) is 55.0 cm³/mol. The van der Waals surface area contributed by atoms with Crippen LogP contribution in [0.1, 0.15) is 25.7 Å². The molecule has 0 spiro atoms. The van der Waals surface area contributed by atoms with E-state index in [1.165, 1.54) is 0 Å². The molecule has 0 fully saturated rings. The molecule has 0 aliphatic heterocycles. The summed E-state index contributed by atoms with van der Waals surface area (Å²) in [5.41, 5.74) is 0. The highest BCUT2D eigenvalue weighted by molar-refractivity contribution is 7.91. The summed E-state index contributed by atoms with van der Waals surface area (Å²) in [6.07, 6.45) is 3.04. The Kier molecular flexibility index (Phi) is 6.19. The fourth-order valence-corrected chi connectivity index (χ4v) is 2.39. The van der Waals surface area contributed by atoms with Crippen LogP contribution in [0.2, 0.25) is 0 Å². The minimum Gasteiger partial charge on any atom is -0.481 e. The first-order valence-electron chi connectivity index (χ1n) is 4.51. The molecule has 0 saturated carbocycles. The molecule has 0 atom stereocenters. The van der Waals surface area contributed by atoms with Gasteiger partial charge in [0.15, 0.2) is 0 Å². The molecule has 0 unspecified atom stereocenters. The smallest absolute Gasteiger partial charge is 0.303 e. The summed E-state index contributed by atoms with van der Waals surface area (Å²) in [4.78, 5) is 10.1. The van der Waals surface area contributed by atoms with E-state index < -0.39 is 15.8 Å². The highest BCUT2D eigenvalue weighted by Crippen LogP contribution is 2.02. The van der Waals surface area contributed by atoms with Gasteiger partial charge in [0.25, 0.3) is 0 Å². The van der Waals surface area contributed by atoms with Gasteiger partial charge in [0.05, 0.1) is 11.5 Å². The molecule has 0 saturated heterocycles. The molecule has 0 aliphatic carbocycles. The van der Waals surface area contributed by atoms with Crippen molar-refractivity contribution in [1.29, 1.82) is 0 Å². The molecule has 5 heteroatoms. The summed E-state index contributed by atoms with van der Waals surface area (Å²) in [6, 6.07) is 0. The van der Waals surface area contributed by atoms with E-state index in [9.17, 15) is 13.2 Å². The third-order valence-electron chi connectivity index (χ3n) is 1.71. The summed E-state index contributed by atoms with van der Waals surface area (Å²) in [5.74, 6) is -0.860. The topological polar surface area (TPSA) is 71.4 Å². The van der Waals surface area contributed by atoms with E-state index in [1.807, 2.05) is 0 Å². The Morgan fingerprint density at radius 2 is 1.86 bits per heavy atom. The summed E-state index contributed by atoms with van der Waals surface area (Å²) < 4.78 is 22.5. The molecule has 0 aliphatic rings. The van der Waals surface area contributed by atoms with Crippen LogP contribution in [0.15, 0.2) is 12.7 Å². The van der Waals surface area contributed by atoms with E-state index in [-0.39, 0.29) is 24.3 Å². The van der Waals surface area contributed by atoms with Crippen LogP contribution < -0.4 is 0 Å². The Morgan fingerprint density at radius 3 is 2.36 bits per heavy atom. The lowest BCUT2D eigenvalue weighted by atomic mass is 10.3. The van der Waals surface area contributed by atoms with Crippen LogP contribution in [0.5, 0.6) is 0 Å². The van der Waals surface area contributed by atoms with Crippen molar-refractivity contribution < 1.29 is 18.3 Å². The number of rotatable bonds is 8. The molecule has 82 valence electrons. The lowest BCUT2D eigenvalue weighted by Gasteiger charge is -2.01. The van der Waals surface area contributed by atoms with Crippen LogP contribution in [0.4, 0.5) is 0 Å². The van der Waals surface area contributed by atoms with E-state index in [1.54, 1.807) is 6.08 Å². The van der Waals surface area contributed by atoms with Crippen LogP contribution >= 0.6 is 0 Å². The van der Waals surface area contributed by atoms with E-state index in [0.717, 1.165) is 0 Å². The standard InChI is InChI=1S/C9H16O4S/c1-2-3-4-7-14(12,13)8-5-6-9(10)11/h2H,1,3-8H2,(H,10,11). The number of carboxylic acid groups (broad SMARTS) is 1. The maximum Gasteiger partial charge on any atom is 0.303 e. The number of allylic oxidation sites excluding steroid dienone is 1. The summed E-state index contributed by atoms with van der Waals surface area (Å²) in [7, 11) is -3.06. The monoisotopic (exact) mass is 220 g/mol. The summed E-state index contributed by atoms with van der Waals surface area (Å²) >= 11 is 0. The Bertz CT molecular complexity index is 279. The summed E-state index contributed by atoms with van der Waals surface area (Å²) in [6.45, 7) is 3.49. The van der Waals surface area contributed by atoms with Crippen molar-refractivity contribution in [1.82, 2.24) is 0 Å². The second-order valence-corrected chi connectivity index (χ2v) is 5.38. The number of hydrogen-bond acceptors (Lipinski definition) is 3. The predicted octanol–water partition coefficient (Wildman–Crippen LogP) is 1.23. The number of unbranched alkanes of at least 4 members (excludes halogenated alkanes) is 1. The zero-order chi connectivity index (χ0) is 11.0. The van der Waals surface area contributed by atoms with Gasteiger partial charge in [-0.15, -0.1) is 6.58 Å². The normalized spacial score (nSPS) is 11.1.